The molecule has 0 bridgehead atoms. The first-order valence-electron chi connectivity index (χ1n) is 6.48. The largest absolute Gasteiger partial charge is 0.392 e. The van der Waals surface area contributed by atoms with Crippen LogP contribution >= 0.6 is 0 Å². The molecule has 1 aromatic carbocycles. The van der Waals surface area contributed by atoms with Gasteiger partial charge in [-0.25, -0.2) is 4.98 Å². The van der Waals surface area contributed by atoms with Crippen LogP contribution in [0, 0.1) is 10.1 Å². The van der Waals surface area contributed by atoms with Crippen LogP contribution in [-0.4, -0.2) is 15.0 Å². The molecule has 0 aliphatic heterocycles. The van der Waals surface area contributed by atoms with Gasteiger partial charge in [0.05, 0.1) is 11.5 Å². The minimum Gasteiger partial charge on any atom is -0.392 e. The Kier molecular flexibility index (Phi) is 6.09. The molecule has 0 amide bonds. The zero-order valence-corrected chi connectivity index (χ0v) is 11.9. The number of aliphatic hydroxyl groups is 1. The molecule has 7 nitrogen and oxygen atoms in total. The van der Waals surface area contributed by atoms with Crippen LogP contribution in [-0.2, 0) is 6.61 Å². The molecule has 0 fully saturated rings. The number of nitrogens with two attached hydrogens (primary N) is 1. The van der Waals surface area contributed by atoms with Gasteiger partial charge < -0.3 is 16.2 Å². The van der Waals surface area contributed by atoms with Crippen molar-refractivity contribution in [1.29, 1.82) is 0 Å². The fourth-order valence-corrected chi connectivity index (χ4v) is 1.54. The Morgan fingerprint density at radius 1 is 1.24 bits per heavy atom. The van der Waals surface area contributed by atoms with Crippen molar-refractivity contribution in [2.24, 2.45) is 0 Å². The molecule has 2 aromatic rings. The van der Waals surface area contributed by atoms with Crippen molar-refractivity contribution in [2.75, 3.05) is 11.1 Å². The van der Waals surface area contributed by atoms with E-state index in [1.165, 1.54) is 12.1 Å². The van der Waals surface area contributed by atoms with E-state index in [0.717, 1.165) is 5.56 Å². The van der Waals surface area contributed by atoms with Crippen LogP contribution in [0.4, 0.5) is 23.0 Å². The van der Waals surface area contributed by atoms with Crippen LogP contribution < -0.4 is 11.1 Å². The number of pyridine rings is 1. The van der Waals surface area contributed by atoms with Gasteiger partial charge in [-0.15, -0.1) is 0 Å². The summed E-state index contributed by atoms with van der Waals surface area (Å²) in [6, 6.07) is 9.48. The lowest BCUT2D eigenvalue weighted by Crippen LogP contribution is -2.02. The summed E-state index contributed by atoms with van der Waals surface area (Å²) >= 11 is 0. The number of nitrogens with zero attached hydrogens (tertiary/aromatic N) is 2. The topological polar surface area (TPSA) is 114 Å². The van der Waals surface area contributed by atoms with Gasteiger partial charge in [-0.3, -0.25) is 10.1 Å². The van der Waals surface area contributed by atoms with Crippen LogP contribution in [0.25, 0.3) is 0 Å². The zero-order valence-electron chi connectivity index (χ0n) is 11.9. The summed E-state index contributed by atoms with van der Waals surface area (Å²) in [7, 11) is 0. The second-order valence-corrected chi connectivity index (χ2v) is 3.84. The lowest BCUT2D eigenvalue weighted by molar-refractivity contribution is -0.384. The van der Waals surface area contributed by atoms with Gasteiger partial charge in [0.1, 0.15) is 5.82 Å². The van der Waals surface area contributed by atoms with Gasteiger partial charge in [0.2, 0.25) is 5.82 Å². The number of hydrogen-bond donors (Lipinski definition) is 3. The summed E-state index contributed by atoms with van der Waals surface area (Å²) in [5.41, 5.74) is 6.74. The number of hydrogen-bond acceptors (Lipinski definition) is 6. The Morgan fingerprint density at radius 3 is 2.38 bits per heavy atom. The van der Waals surface area contributed by atoms with E-state index in [9.17, 15) is 10.1 Å². The van der Waals surface area contributed by atoms with Gasteiger partial charge in [-0.2, -0.15) is 0 Å². The van der Waals surface area contributed by atoms with Gasteiger partial charge >= 0.3 is 5.69 Å². The molecule has 0 saturated carbocycles. The number of aliphatic hydroxyl groups excluding tert-OH is 1. The predicted octanol–water partition coefficient (Wildman–Crippen LogP) is 2.83. The molecule has 0 radical (unpaired) electrons. The molecule has 112 valence electrons. The van der Waals surface area contributed by atoms with Gasteiger partial charge in [-0.05, 0) is 23.8 Å². The molecular formula is C14H18N4O3. The SMILES string of the molecule is CC.Nc1ccc([N+](=O)[O-])c(Nc2ccc(CO)cc2)n1. The average Bonchev–Trinajstić information content (AvgIpc) is 2.50. The first-order valence-corrected chi connectivity index (χ1v) is 6.48. The highest BCUT2D eigenvalue weighted by molar-refractivity contribution is 5.67. The van der Waals surface area contributed by atoms with E-state index >= 15 is 0 Å². The van der Waals surface area contributed by atoms with Crippen molar-refractivity contribution in [3.8, 4) is 0 Å². The van der Waals surface area contributed by atoms with E-state index in [1.807, 2.05) is 13.8 Å². The second-order valence-electron chi connectivity index (χ2n) is 3.84. The first-order chi connectivity index (χ1) is 10.1. The molecule has 0 spiro atoms. The average molecular weight is 290 g/mol. The van der Waals surface area contributed by atoms with Crippen molar-refractivity contribution in [3.63, 3.8) is 0 Å². The molecule has 21 heavy (non-hydrogen) atoms. The van der Waals surface area contributed by atoms with Gasteiger partial charge in [-0.1, -0.05) is 26.0 Å². The molecule has 4 N–H and O–H groups in total. The molecule has 0 aliphatic rings. The Morgan fingerprint density at radius 2 is 1.86 bits per heavy atom. The molecule has 0 atom stereocenters. The van der Waals surface area contributed by atoms with Crippen molar-refractivity contribution in [3.05, 3.63) is 52.1 Å². The van der Waals surface area contributed by atoms with Crippen molar-refractivity contribution in [2.45, 2.75) is 20.5 Å². The number of aromatic nitrogens is 1. The molecule has 0 saturated heterocycles. The van der Waals surface area contributed by atoms with Crippen LogP contribution in [0.5, 0.6) is 0 Å². The third-order valence-corrected chi connectivity index (χ3v) is 2.49. The van der Waals surface area contributed by atoms with Crippen molar-refractivity contribution < 1.29 is 10.0 Å². The number of nitro groups is 1. The highest BCUT2D eigenvalue weighted by Crippen LogP contribution is 2.26. The maximum absolute atomic E-state index is 10.9. The lowest BCUT2D eigenvalue weighted by atomic mass is 10.2. The van der Waals surface area contributed by atoms with Crippen LogP contribution in [0.15, 0.2) is 36.4 Å². The standard InChI is InChI=1S/C12H12N4O3.C2H6/c13-11-6-5-10(16(18)19)12(15-11)14-9-3-1-8(7-17)2-4-9;1-2/h1-6,17H,7H2,(H3,13,14,15);1-2H3. The van der Waals surface area contributed by atoms with E-state index in [-0.39, 0.29) is 23.9 Å². The Balaban J connectivity index is 0.00000106. The Bertz CT molecular complexity index is 600. The van der Waals surface area contributed by atoms with E-state index < -0.39 is 4.92 Å². The van der Waals surface area contributed by atoms with E-state index in [2.05, 4.69) is 10.3 Å². The fraction of sp³-hybridized carbons (Fsp3) is 0.214. The molecule has 7 heteroatoms. The molecule has 2 rings (SSSR count). The van der Waals surface area contributed by atoms with E-state index in [1.54, 1.807) is 24.3 Å². The fourth-order valence-electron chi connectivity index (χ4n) is 1.54. The second kappa shape index (κ2) is 7.81. The smallest absolute Gasteiger partial charge is 0.311 e. The van der Waals surface area contributed by atoms with Crippen LogP contribution in [0.2, 0.25) is 0 Å². The van der Waals surface area contributed by atoms with Gasteiger partial charge in [0, 0.05) is 11.8 Å². The first kappa shape index (κ1) is 16.4. The molecule has 0 aliphatic carbocycles. The quantitative estimate of drug-likeness (QED) is 0.589. The summed E-state index contributed by atoms with van der Waals surface area (Å²) in [5.74, 6) is 0.279. The van der Waals surface area contributed by atoms with Gasteiger partial charge in [0.15, 0.2) is 0 Å². The van der Waals surface area contributed by atoms with Gasteiger partial charge in [0.25, 0.3) is 0 Å². The molecular weight excluding hydrogens is 272 g/mol. The monoisotopic (exact) mass is 290 g/mol. The van der Waals surface area contributed by atoms with Crippen molar-refractivity contribution >= 4 is 23.0 Å². The third-order valence-electron chi connectivity index (χ3n) is 2.49. The Hall–Kier alpha value is -2.67. The highest BCUT2D eigenvalue weighted by atomic mass is 16.6. The van der Waals surface area contributed by atoms with Crippen LogP contribution in [0.3, 0.4) is 0 Å². The molecule has 1 heterocycles. The maximum atomic E-state index is 10.9. The predicted molar refractivity (Wildman–Crippen MR) is 82.3 cm³/mol. The summed E-state index contributed by atoms with van der Waals surface area (Å²) in [6.07, 6.45) is 0. The van der Waals surface area contributed by atoms with E-state index in [4.69, 9.17) is 10.8 Å². The lowest BCUT2D eigenvalue weighted by Gasteiger charge is -2.07. The maximum Gasteiger partial charge on any atom is 0.311 e. The normalized spacial score (nSPS) is 9.48. The number of nitrogen functional groups attached to an aromatic ring is 1. The number of benzene rings is 1. The summed E-state index contributed by atoms with van der Waals surface area (Å²) < 4.78 is 0. The Labute approximate surface area is 122 Å². The molecule has 1 aromatic heterocycles. The minimum absolute atomic E-state index is 0.0586. The number of anilines is 3. The molecule has 0 unspecified atom stereocenters. The van der Waals surface area contributed by atoms with E-state index in [0.29, 0.717) is 5.69 Å². The summed E-state index contributed by atoms with van der Waals surface area (Å²) in [4.78, 5) is 14.3. The zero-order chi connectivity index (χ0) is 15.8. The summed E-state index contributed by atoms with van der Waals surface area (Å²) in [5, 5.41) is 22.6. The van der Waals surface area contributed by atoms with Crippen LogP contribution in [0.1, 0.15) is 19.4 Å². The number of nitrogens with one attached hydrogen (secondary N) is 1. The third kappa shape index (κ3) is 4.43. The highest BCUT2D eigenvalue weighted by Gasteiger charge is 2.15. The summed E-state index contributed by atoms with van der Waals surface area (Å²) in [6.45, 7) is 3.94. The minimum atomic E-state index is -0.531. The van der Waals surface area contributed by atoms with Crippen molar-refractivity contribution in [1.82, 2.24) is 4.98 Å². The number of rotatable bonds is 4.